The van der Waals surface area contributed by atoms with Gasteiger partial charge in [0.25, 0.3) is 0 Å². The summed E-state index contributed by atoms with van der Waals surface area (Å²) in [6.07, 6.45) is 0.134. The Hall–Kier alpha value is -2.94. The Kier molecular flexibility index (Phi) is 15.1. The van der Waals surface area contributed by atoms with Gasteiger partial charge in [-0.05, 0) is 19.8 Å². The van der Waals surface area contributed by atoms with Crippen LogP contribution >= 0.6 is 0 Å². The standard InChI is InChI=1S/C27H46N4O10/c1-19(32)5-6-20(25(38)39)30-13-11-28(17-23(34)35)9-10-29(18-24(36)37)12-14-31(16-15-30)21(26(40)41)7-8-22(33)27(2,3)4/h20-21H,5-18H2,1-4H3,(H,34,35)(H,36,37)(H,38,39)(H,40,41). The molecule has 1 heterocycles. The molecule has 0 amide bonds. The predicted molar refractivity (Wildman–Crippen MR) is 148 cm³/mol. The molecular weight excluding hydrogens is 540 g/mol. The Morgan fingerprint density at radius 1 is 0.610 bits per heavy atom. The SMILES string of the molecule is CC(=O)CCC(C(=O)O)N1CCN(CC(=O)O)CCN(CC(=O)O)CCN(C(CCC(=O)C(C)(C)C)C(=O)O)CC1. The number of aliphatic carboxylic acids is 4. The maximum Gasteiger partial charge on any atom is 0.320 e. The molecule has 4 N–H and O–H groups in total. The Morgan fingerprint density at radius 2 is 0.951 bits per heavy atom. The molecule has 0 aromatic heterocycles. The maximum atomic E-state index is 12.6. The lowest BCUT2D eigenvalue weighted by atomic mass is 9.87. The zero-order chi connectivity index (χ0) is 31.3. The summed E-state index contributed by atoms with van der Waals surface area (Å²) in [5.41, 5.74) is -0.646. The van der Waals surface area contributed by atoms with Crippen LogP contribution in [0.3, 0.4) is 0 Å². The highest BCUT2D eigenvalue weighted by Crippen LogP contribution is 2.20. The van der Waals surface area contributed by atoms with Crippen molar-refractivity contribution in [3.8, 4) is 0 Å². The van der Waals surface area contributed by atoms with Crippen LogP contribution < -0.4 is 0 Å². The van der Waals surface area contributed by atoms with Crippen molar-refractivity contribution < 1.29 is 49.2 Å². The fourth-order valence-corrected chi connectivity index (χ4v) is 4.76. The molecule has 234 valence electrons. The van der Waals surface area contributed by atoms with E-state index in [2.05, 4.69) is 0 Å². The number of nitrogens with zero attached hydrogens (tertiary/aromatic N) is 4. The average molecular weight is 587 g/mol. The number of hydrogen-bond donors (Lipinski definition) is 4. The minimum atomic E-state index is -1.15. The molecule has 2 unspecified atom stereocenters. The van der Waals surface area contributed by atoms with Crippen LogP contribution in [0.25, 0.3) is 0 Å². The van der Waals surface area contributed by atoms with Crippen molar-refractivity contribution in [2.75, 3.05) is 65.4 Å². The summed E-state index contributed by atoms with van der Waals surface area (Å²) < 4.78 is 0. The van der Waals surface area contributed by atoms with E-state index in [-0.39, 0.29) is 103 Å². The highest BCUT2D eigenvalue weighted by atomic mass is 16.4. The molecule has 0 spiro atoms. The lowest BCUT2D eigenvalue weighted by molar-refractivity contribution is -0.147. The largest absolute Gasteiger partial charge is 0.480 e. The van der Waals surface area contributed by atoms with Crippen molar-refractivity contribution in [1.82, 2.24) is 19.6 Å². The third kappa shape index (κ3) is 14.0. The molecular formula is C27H46N4O10. The van der Waals surface area contributed by atoms with E-state index in [1.54, 1.807) is 40.4 Å². The topological polar surface area (TPSA) is 196 Å². The summed E-state index contributed by atoms with van der Waals surface area (Å²) in [6, 6.07) is -2.12. The third-order valence-electron chi connectivity index (χ3n) is 7.23. The quantitative estimate of drug-likeness (QED) is 0.213. The summed E-state index contributed by atoms with van der Waals surface area (Å²) in [5.74, 6) is -4.73. The van der Waals surface area contributed by atoms with Gasteiger partial charge in [-0.2, -0.15) is 0 Å². The molecule has 0 radical (unpaired) electrons. The lowest BCUT2D eigenvalue weighted by Crippen LogP contribution is -2.54. The first-order valence-corrected chi connectivity index (χ1v) is 13.9. The first-order valence-electron chi connectivity index (χ1n) is 13.9. The second-order valence-electron chi connectivity index (χ2n) is 11.6. The number of hydrogen-bond acceptors (Lipinski definition) is 10. The van der Waals surface area contributed by atoms with Crippen molar-refractivity contribution in [2.24, 2.45) is 5.41 Å². The van der Waals surface area contributed by atoms with Gasteiger partial charge in [0.15, 0.2) is 0 Å². The molecule has 1 aliphatic rings. The highest BCUT2D eigenvalue weighted by Gasteiger charge is 2.32. The van der Waals surface area contributed by atoms with Gasteiger partial charge in [0, 0.05) is 70.6 Å². The van der Waals surface area contributed by atoms with E-state index in [1.165, 1.54) is 6.92 Å². The molecule has 1 aliphatic heterocycles. The van der Waals surface area contributed by atoms with Crippen LogP contribution in [0, 0.1) is 5.41 Å². The van der Waals surface area contributed by atoms with E-state index in [1.807, 2.05) is 0 Å². The molecule has 0 bridgehead atoms. The number of ketones is 2. The summed E-state index contributed by atoms with van der Waals surface area (Å²) in [7, 11) is 0. The van der Waals surface area contributed by atoms with E-state index in [9.17, 15) is 49.2 Å². The van der Waals surface area contributed by atoms with Crippen molar-refractivity contribution >= 4 is 35.4 Å². The van der Waals surface area contributed by atoms with Crippen molar-refractivity contribution in [3.05, 3.63) is 0 Å². The monoisotopic (exact) mass is 586 g/mol. The Bertz CT molecular complexity index is 936. The van der Waals surface area contributed by atoms with E-state index in [4.69, 9.17) is 0 Å². The maximum absolute atomic E-state index is 12.6. The van der Waals surface area contributed by atoms with Crippen LogP contribution in [0.5, 0.6) is 0 Å². The summed E-state index contributed by atoms with van der Waals surface area (Å²) in [6.45, 7) is 7.17. The van der Waals surface area contributed by atoms with Gasteiger partial charge in [0.05, 0.1) is 13.1 Å². The van der Waals surface area contributed by atoms with Crippen LogP contribution in [-0.2, 0) is 28.8 Å². The molecule has 0 aliphatic carbocycles. The van der Waals surface area contributed by atoms with Crippen molar-refractivity contribution in [3.63, 3.8) is 0 Å². The molecule has 14 heteroatoms. The molecule has 0 saturated carbocycles. The van der Waals surface area contributed by atoms with Crippen LogP contribution in [0.4, 0.5) is 0 Å². The van der Waals surface area contributed by atoms with E-state index in [0.29, 0.717) is 0 Å². The summed E-state index contributed by atoms with van der Waals surface area (Å²) in [5, 5.41) is 38.9. The smallest absolute Gasteiger partial charge is 0.320 e. The van der Waals surface area contributed by atoms with E-state index < -0.39 is 41.4 Å². The van der Waals surface area contributed by atoms with Gasteiger partial charge in [-0.15, -0.1) is 0 Å². The average Bonchev–Trinajstić information content (AvgIpc) is 2.82. The zero-order valence-corrected chi connectivity index (χ0v) is 24.6. The predicted octanol–water partition coefficient (Wildman–Crippen LogP) is 0.0482. The molecule has 1 fully saturated rings. The van der Waals surface area contributed by atoms with E-state index in [0.717, 1.165) is 0 Å². The minimum Gasteiger partial charge on any atom is -0.480 e. The number of rotatable bonds is 14. The van der Waals surface area contributed by atoms with Gasteiger partial charge < -0.3 is 25.2 Å². The Morgan fingerprint density at radius 3 is 1.27 bits per heavy atom. The van der Waals surface area contributed by atoms with Crippen molar-refractivity contribution in [1.29, 1.82) is 0 Å². The van der Waals surface area contributed by atoms with Gasteiger partial charge in [0.2, 0.25) is 0 Å². The number of carbonyl (C=O) groups excluding carboxylic acids is 2. The first kappa shape index (κ1) is 36.1. The van der Waals surface area contributed by atoms with Gasteiger partial charge in [-0.25, -0.2) is 0 Å². The Balaban J connectivity index is 3.36. The number of carbonyl (C=O) groups is 6. The fraction of sp³-hybridized carbons (Fsp3) is 0.778. The fourth-order valence-electron chi connectivity index (χ4n) is 4.76. The van der Waals surface area contributed by atoms with Gasteiger partial charge in [-0.1, -0.05) is 20.8 Å². The zero-order valence-electron chi connectivity index (χ0n) is 24.6. The highest BCUT2D eigenvalue weighted by molar-refractivity contribution is 5.84. The molecule has 14 nitrogen and oxygen atoms in total. The minimum absolute atomic E-state index is 0.0278. The number of Topliss-reactive ketones (excluding diaryl/α,β-unsaturated/α-hetero) is 2. The van der Waals surface area contributed by atoms with Gasteiger partial charge in [0.1, 0.15) is 23.7 Å². The molecule has 1 rings (SSSR count). The normalized spacial score (nSPS) is 18.9. The number of carboxylic acids is 4. The first-order chi connectivity index (χ1) is 19.0. The molecule has 2 atom stereocenters. The van der Waals surface area contributed by atoms with E-state index >= 15 is 0 Å². The number of carboxylic acid groups (broad SMARTS) is 4. The summed E-state index contributed by atoms with van der Waals surface area (Å²) >= 11 is 0. The van der Waals surface area contributed by atoms with Crippen LogP contribution in [0.2, 0.25) is 0 Å². The van der Waals surface area contributed by atoms with Crippen molar-refractivity contribution in [2.45, 2.75) is 65.5 Å². The van der Waals surface area contributed by atoms with Gasteiger partial charge >= 0.3 is 23.9 Å². The molecule has 0 aromatic carbocycles. The lowest BCUT2D eigenvalue weighted by Gasteiger charge is -2.37. The Labute approximate surface area is 240 Å². The third-order valence-corrected chi connectivity index (χ3v) is 7.23. The second-order valence-corrected chi connectivity index (χ2v) is 11.6. The molecule has 41 heavy (non-hydrogen) atoms. The molecule has 0 aromatic rings. The van der Waals surface area contributed by atoms with Crippen LogP contribution in [-0.4, -0.2) is 153 Å². The second kappa shape index (κ2) is 17.1. The van der Waals surface area contributed by atoms with Gasteiger partial charge in [-0.3, -0.25) is 43.6 Å². The van der Waals surface area contributed by atoms with Crippen LogP contribution in [0.1, 0.15) is 53.4 Å². The molecule has 1 saturated heterocycles. The summed E-state index contributed by atoms with van der Waals surface area (Å²) in [4.78, 5) is 78.2. The van der Waals surface area contributed by atoms with Crippen LogP contribution in [0.15, 0.2) is 0 Å².